The summed E-state index contributed by atoms with van der Waals surface area (Å²) in [5, 5.41) is 2.61. The number of benzene rings is 1. The van der Waals surface area contributed by atoms with Crippen LogP contribution in [0, 0.1) is 5.92 Å². The van der Waals surface area contributed by atoms with Crippen molar-refractivity contribution in [2.45, 2.75) is 33.4 Å². The van der Waals surface area contributed by atoms with Gasteiger partial charge in [0.25, 0.3) is 0 Å². The quantitative estimate of drug-likeness (QED) is 0.871. The fourth-order valence-corrected chi connectivity index (χ4v) is 2.01. The lowest BCUT2D eigenvalue weighted by Gasteiger charge is -2.24. The molecule has 0 aliphatic rings. The van der Waals surface area contributed by atoms with Gasteiger partial charge in [0.05, 0.1) is 11.3 Å². The fourth-order valence-electron chi connectivity index (χ4n) is 2.01. The summed E-state index contributed by atoms with van der Waals surface area (Å²) in [6.07, 6.45) is -3.84. The van der Waals surface area contributed by atoms with E-state index in [1.54, 1.807) is 0 Å². The Morgan fingerprint density at radius 1 is 1.22 bits per heavy atom. The van der Waals surface area contributed by atoms with Crippen LogP contribution in [0.15, 0.2) is 24.3 Å². The molecule has 4 nitrogen and oxygen atoms in total. The van der Waals surface area contributed by atoms with E-state index < -0.39 is 30.1 Å². The van der Waals surface area contributed by atoms with Crippen LogP contribution in [0.4, 0.5) is 18.9 Å². The van der Waals surface area contributed by atoms with E-state index in [0.717, 1.165) is 24.3 Å². The number of carbonyl (C=O) groups is 2. The third-order valence-corrected chi connectivity index (χ3v) is 3.23. The van der Waals surface area contributed by atoms with Crippen LogP contribution in [0.25, 0.3) is 0 Å². The van der Waals surface area contributed by atoms with Crippen molar-refractivity contribution < 1.29 is 22.8 Å². The summed E-state index contributed by atoms with van der Waals surface area (Å²) in [6, 6.07) is 4.72. The molecule has 1 N–H and O–H groups in total. The number of para-hydroxylation sites is 1. The second kappa shape index (κ2) is 7.99. The number of rotatable bonds is 6. The molecule has 1 aromatic rings. The average molecular weight is 330 g/mol. The molecule has 0 saturated carbocycles. The molecule has 0 unspecified atom stereocenters. The highest BCUT2D eigenvalue weighted by molar-refractivity contribution is 5.98. The van der Waals surface area contributed by atoms with E-state index in [1.165, 1.54) is 18.2 Å². The molecule has 7 heteroatoms. The predicted octanol–water partition coefficient (Wildman–Crippen LogP) is 3.22. The van der Waals surface area contributed by atoms with E-state index in [-0.39, 0.29) is 5.69 Å². The average Bonchev–Trinajstić information content (AvgIpc) is 2.43. The number of halogens is 3. The molecule has 2 amide bonds. The van der Waals surface area contributed by atoms with Crippen molar-refractivity contribution in [2.24, 2.45) is 5.92 Å². The molecule has 0 radical (unpaired) electrons. The van der Waals surface area contributed by atoms with Crippen LogP contribution in [0.5, 0.6) is 0 Å². The van der Waals surface area contributed by atoms with Gasteiger partial charge in [-0.15, -0.1) is 0 Å². The first-order chi connectivity index (χ1) is 10.6. The number of alkyl halides is 3. The first-order valence-corrected chi connectivity index (χ1v) is 7.34. The summed E-state index contributed by atoms with van der Waals surface area (Å²) in [7, 11) is 0. The van der Waals surface area contributed by atoms with Gasteiger partial charge in [-0.3, -0.25) is 9.59 Å². The van der Waals surface area contributed by atoms with Crippen LogP contribution in [0.3, 0.4) is 0 Å². The Hall–Kier alpha value is -2.05. The van der Waals surface area contributed by atoms with Crippen LogP contribution < -0.4 is 10.2 Å². The molecular formula is C16H21F3N2O2. The lowest BCUT2D eigenvalue weighted by molar-refractivity contribution is -0.137. The first kappa shape index (κ1) is 19.0. The number of carbonyl (C=O) groups excluding carboxylic acids is 2. The zero-order valence-corrected chi connectivity index (χ0v) is 13.4. The van der Waals surface area contributed by atoms with Crippen LogP contribution >= 0.6 is 0 Å². The van der Waals surface area contributed by atoms with Gasteiger partial charge in [-0.05, 0) is 24.5 Å². The van der Waals surface area contributed by atoms with E-state index in [0.29, 0.717) is 12.5 Å². The van der Waals surface area contributed by atoms with Crippen molar-refractivity contribution in [3.8, 4) is 0 Å². The number of hydrogen-bond acceptors (Lipinski definition) is 2. The molecule has 23 heavy (non-hydrogen) atoms. The minimum Gasteiger partial charge on any atom is -0.355 e. The molecular weight excluding hydrogens is 309 g/mol. The predicted molar refractivity (Wildman–Crippen MR) is 81.9 cm³/mol. The Morgan fingerprint density at radius 3 is 2.35 bits per heavy atom. The maximum atomic E-state index is 13.1. The minimum absolute atomic E-state index is 0.313. The summed E-state index contributed by atoms with van der Waals surface area (Å²) in [6.45, 7) is 5.10. The van der Waals surface area contributed by atoms with E-state index >= 15 is 0 Å². The summed E-state index contributed by atoms with van der Waals surface area (Å²) in [5.74, 6) is -0.719. The summed E-state index contributed by atoms with van der Waals surface area (Å²) < 4.78 is 39.2. The van der Waals surface area contributed by atoms with E-state index in [2.05, 4.69) is 5.32 Å². The Kier molecular flexibility index (Phi) is 6.60. The molecule has 128 valence electrons. The number of anilines is 1. The normalized spacial score (nSPS) is 11.4. The smallest absolute Gasteiger partial charge is 0.355 e. The lowest BCUT2D eigenvalue weighted by Crippen LogP contribution is -2.41. The molecule has 0 bridgehead atoms. The maximum Gasteiger partial charge on any atom is 0.418 e. The van der Waals surface area contributed by atoms with E-state index in [4.69, 9.17) is 0 Å². The highest BCUT2D eigenvalue weighted by atomic mass is 19.4. The van der Waals surface area contributed by atoms with Crippen LogP contribution in [0.2, 0.25) is 0 Å². The van der Waals surface area contributed by atoms with E-state index in [9.17, 15) is 22.8 Å². The van der Waals surface area contributed by atoms with Crippen molar-refractivity contribution in [3.63, 3.8) is 0 Å². The molecule has 0 aliphatic heterocycles. The molecule has 0 saturated heterocycles. The molecule has 0 fully saturated rings. The van der Waals surface area contributed by atoms with Crippen molar-refractivity contribution in [2.75, 3.05) is 18.0 Å². The summed E-state index contributed by atoms with van der Waals surface area (Å²) in [4.78, 5) is 24.4. The van der Waals surface area contributed by atoms with E-state index in [1.807, 2.05) is 13.8 Å². The topological polar surface area (TPSA) is 49.4 Å². The summed E-state index contributed by atoms with van der Waals surface area (Å²) >= 11 is 0. The van der Waals surface area contributed by atoms with Gasteiger partial charge >= 0.3 is 6.18 Å². The number of nitrogens with zero attached hydrogens (tertiary/aromatic N) is 1. The van der Waals surface area contributed by atoms with Gasteiger partial charge in [0.15, 0.2) is 0 Å². The first-order valence-electron chi connectivity index (χ1n) is 7.34. The molecule has 1 rings (SSSR count). The number of hydrogen-bond donors (Lipinski definition) is 1. The highest BCUT2D eigenvalue weighted by Crippen LogP contribution is 2.36. The van der Waals surface area contributed by atoms with Crippen molar-refractivity contribution in [1.82, 2.24) is 5.32 Å². The second-order valence-electron chi connectivity index (χ2n) is 5.65. The molecule has 0 heterocycles. The SMILES string of the molecule is CC(=O)N(CC(=O)NCCC(C)C)c1ccccc1C(F)(F)F. The summed E-state index contributed by atoms with van der Waals surface area (Å²) in [5.41, 5.74) is -1.25. The Labute approximate surface area is 133 Å². The molecule has 0 spiro atoms. The largest absolute Gasteiger partial charge is 0.418 e. The standard InChI is InChI=1S/C16H21F3N2O2/c1-11(2)8-9-20-15(23)10-21(12(3)22)14-7-5-4-6-13(14)16(17,18)19/h4-7,11H,8-10H2,1-3H3,(H,20,23). The Bertz CT molecular complexity index is 557. The van der Waals surface area contributed by atoms with Crippen molar-refractivity contribution >= 4 is 17.5 Å². The van der Waals surface area contributed by atoms with Gasteiger partial charge in [-0.2, -0.15) is 13.2 Å². The monoisotopic (exact) mass is 330 g/mol. The second-order valence-corrected chi connectivity index (χ2v) is 5.65. The van der Waals surface area contributed by atoms with Gasteiger partial charge in [0.2, 0.25) is 11.8 Å². The molecule has 0 aromatic heterocycles. The van der Waals surface area contributed by atoms with Crippen LogP contribution in [-0.4, -0.2) is 24.9 Å². The zero-order valence-electron chi connectivity index (χ0n) is 13.4. The van der Waals surface area contributed by atoms with Crippen LogP contribution in [0.1, 0.15) is 32.8 Å². The molecule has 0 aliphatic carbocycles. The van der Waals surface area contributed by atoms with Gasteiger partial charge in [0, 0.05) is 13.5 Å². The van der Waals surface area contributed by atoms with Gasteiger partial charge in [0.1, 0.15) is 6.54 Å². The molecule has 0 atom stereocenters. The highest BCUT2D eigenvalue weighted by Gasteiger charge is 2.35. The Balaban J connectivity index is 2.92. The zero-order chi connectivity index (χ0) is 17.6. The maximum absolute atomic E-state index is 13.1. The van der Waals surface area contributed by atoms with Gasteiger partial charge < -0.3 is 10.2 Å². The Morgan fingerprint density at radius 2 is 1.83 bits per heavy atom. The lowest BCUT2D eigenvalue weighted by atomic mass is 10.1. The van der Waals surface area contributed by atoms with Gasteiger partial charge in [-0.1, -0.05) is 26.0 Å². The third kappa shape index (κ3) is 5.92. The van der Waals surface area contributed by atoms with Crippen molar-refractivity contribution in [3.05, 3.63) is 29.8 Å². The fraction of sp³-hybridized carbons (Fsp3) is 0.500. The van der Waals surface area contributed by atoms with Crippen LogP contribution in [-0.2, 0) is 15.8 Å². The molecule has 1 aromatic carbocycles. The minimum atomic E-state index is -4.60. The number of amides is 2. The van der Waals surface area contributed by atoms with Crippen molar-refractivity contribution in [1.29, 1.82) is 0 Å². The number of nitrogens with one attached hydrogen (secondary N) is 1. The van der Waals surface area contributed by atoms with Gasteiger partial charge in [-0.25, -0.2) is 0 Å². The third-order valence-electron chi connectivity index (χ3n) is 3.23.